The van der Waals surface area contributed by atoms with Crippen molar-refractivity contribution in [1.82, 2.24) is 10.3 Å². The van der Waals surface area contributed by atoms with Crippen LogP contribution in [0.1, 0.15) is 11.3 Å². The van der Waals surface area contributed by atoms with E-state index in [1.165, 1.54) is 0 Å². The number of nitrogens with two attached hydrogens (primary N) is 1. The highest BCUT2D eigenvalue weighted by Crippen LogP contribution is 2.16. The predicted octanol–water partition coefficient (Wildman–Crippen LogP) is -0.513. The summed E-state index contributed by atoms with van der Waals surface area (Å²) < 4.78 is 0. The zero-order chi connectivity index (χ0) is 13.3. The van der Waals surface area contributed by atoms with Gasteiger partial charge in [0.25, 0.3) is 0 Å². The number of amides is 2. The van der Waals surface area contributed by atoms with E-state index in [1.807, 2.05) is 0 Å². The zero-order valence-corrected chi connectivity index (χ0v) is 10.6. The van der Waals surface area contributed by atoms with Crippen molar-refractivity contribution in [3.05, 3.63) is 23.4 Å². The van der Waals surface area contributed by atoms with Crippen molar-refractivity contribution in [3.8, 4) is 0 Å². The summed E-state index contributed by atoms with van der Waals surface area (Å²) in [4.78, 5) is 28.8. The molecule has 0 spiro atoms. The summed E-state index contributed by atoms with van der Waals surface area (Å²) in [6.07, 6.45) is 0. The monoisotopic (exact) mass is 264 g/mol. The van der Waals surface area contributed by atoms with Gasteiger partial charge in [-0.3, -0.25) is 14.9 Å². The van der Waals surface area contributed by atoms with Crippen LogP contribution in [0.25, 0.3) is 0 Å². The van der Waals surface area contributed by atoms with E-state index in [0.29, 0.717) is 11.4 Å². The van der Waals surface area contributed by atoms with Crippen LogP contribution in [0, 0.1) is 6.92 Å². The molecule has 1 saturated heterocycles. The summed E-state index contributed by atoms with van der Waals surface area (Å²) in [5.74, 6) is -0.154. The third kappa shape index (κ3) is 2.62. The third-order valence-electron chi connectivity index (χ3n) is 2.50. The first-order chi connectivity index (χ1) is 8.45. The van der Waals surface area contributed by atoms with Crippen molar-refractivity contribution >= 4 is 34.8 Å². The van der Waals surface area contributed by atoms with Gasteiger partial charge in [-0.25, -0.2) is 4.98 Å². The SMILES string of the molecule is Cc1cc(C(N)=S)cc(N2CC(=O)NC(=O)C2)n1. The Balaban J connectivity index is 2.35. The Morgan fingerprint density at radius 3 is 2.56 bits per heavy atom. The van der Waals surface area contributed by atoms with Gasteiger partial charge >= 0.3 is 0 Å². The lowest BCUT2D eigenvalue weighted by Gasteiger charge is -2.26. The molecule has 3 N–H and O–H groups in total. The molecule has 7 heteroatoms. The number of thiocarbonyl (C=S) groups is 1. The lowest BCUT2D eigenvalue weighted by molar-refractivity contribution is -0.130. The summed E-state index contributed by atoms with van der Waals surface area (Å²) in [7, 11) is 0. The number of carbonyl (C=O) groups is 2. The minimum absolute atomic E-state index is 0.0962. The quantitative estimate of drug-likeness (QED) is 0.552. The normalized spacial score (nSPS) is 15.5. The molecule has 0 unspecified atom stereocenters. The molecule has 0 saturated carbocycles. The second-order valence-corrected chi connectivity index (χ2v) is 4.49. The summed E-state index contributed by atoms with van der Waals surface area (Å²) >= 11 is 4.91. The molecule has 2 rings (SSSR count). The van der Waals surface area contributed by atoms with Crippen LogP contribution >= 0.6 is 12.2 Å². The maximum atomic E-state index is 11.3. The summed E-state index contributed by atoms with van der Waals surface area (Å²) in [6.45, 7) is 2.00. The number of nitrogens with one attached hydrogen (secondary N) is 1. The molecular weight excluding hydrogens is 252 g/mol. The van der Waals surface area contributed by atoms with E-state index < -0.39 is 0 Å². The first kappa shape index (κ1) is 12.4. The van der Waals surface area contributed by atoms with E-state index in [9.17, 15) is 9.59 Å². The number of hydrogen-bond donors (Lipinski definition) is 2. The molecule has 1 fully saturated rings. The maximum Gasteiger partial charge on any atom is 0.246 e. The number of aryl methyl sites for hydroxylation is 1. The fraction of sp³-hybridized carbons (Fsp3) is 0.273. The van der Waals surface area contributed by atoms with E-state index in [4.69, 9.17) is 18.0 Å². The van der Waals surface area contributed by atoms with E-state index in [-0.39, 0.29) is 29.9 Å². The van der Waals surface area contributed by atoms with Crippen molar-refractivity contribution < 1.29 is 9.59 Å². The van der Waals surface area contributed by atoms with E-state index >= 15 is 0 Å². The molecule has 1 aliphatic heterocycles. The number of anilines is 1. The highest BCUT2D eigenvalue weighted by Gasteiger charge is 2.23. The van der Waals surface area contributed by atoms with Gasteiger partial charge < -0.3 is 10.6 Å². The van der Waals surface area contributed by atoms with Gasteiger partial charge in [0.1, 0.15) is 10.8 Å². The van der Waals surface area contributed by atoms with E-state index in [0.717, 1.165) is 5.69 Å². The molecule has 6 nitrogen and oxygen atoms in total. The van der Waals surface area contributed by atoms with Crippen molar-refractivity contribution in [1.29, 1.82) is 0 Å². The minimum Gasteiger partial charge on any atom is -0.389 e. The Bertz CT molecular complexity index is 528. The molecule has 0 radical (unpaired) electrons. The van der Waals surface area contributed by atoms with Crippen molar-refractivity contribution in [2.75, 3.05) is 18.0 Å². The molecule has 0 aliphatic carbocycles. The average molecular weight is 264 g/mol. The average Bonchev–Trinajstić information content (AvgIpc) is 2.26. The molecule has 0 atom stereocenters. The molecule has 94 valence electrons. The van der Waals surface area contributed by atoms with Gasteiger partial charge in [0.05, 0.1) is 13.1 Å². The second-order valence-electron chi connectivity index (χ2n) is 4.05. The van der Waals surface area contributed by atoms with Crippen LogP contribution in [0.15, 0.2) is 12.1 Å². The van der Waals surface area contributed by atoms with Gasteiger partial charge in [-0.15, -0.1) is 0 Å². The highest BCUT2D eigenvalue weighted by molar-refractivity contribution is 7.80. The fourth-order valence-corrected chi connectivity index (χ4v) is 1.87. The van der Waals surface area contributed by atoms with Crippen LogP contribution in [-0.2, 0) is 9.59 Å². The first-order valence-corrected chi connectivity index (χ1v) is 5.72. The number of rotatable bonds is 2. The maximum absolute atomic E-state index is 11.3. The lowest BCUT2D eigenvalue weighted by Crippen LogP contribution is -2.51. The number of pyridine rings is 1. The Hall–Kier alpha value is -2.02. The Morgan fingerprint density at radius 2 is 2.00 bits per heavy atom. The number of hydrogen-bond acceptors (Lipinski definition) is 5. The minimum atomic E-state index is -0.341. The largest absolute Gasteiger partial charge is 0.389 e. The van der Waals surface area contributed by atoms with Crippen LogP contribution < -0.4 is 16.0 Å². The van der Waals surface area contributed by atoms with Gasteiger partial charge in [-0.05, 0) is 19.1 Å². The van der Waals surface area contributed by atoms with E-state index in [1.54, 1.807) is 24.0 Å². The van der Waals surface area contributed by atoms with Crippen molar-refractivity contribution in [2.45, 2.75) is 6.92 Å². The topological polar surface area (TPSA) is 88.3 Å². The Kier molecular flexibility index (Phi) is 3.24. The van der Waals surface area contributed by atoms with Gasteiger partial charge in [0.2, 0.25) is 11.8 Å². The van der Waals surface area contributed by atoms with Crippen LogP contribution in [0.3, 0.4) is 0 Å². The van der Waals surface area contributed by atoms with Gasteiger partial charge in [-0.1, -0.05) is 12.2 Å². The fourth-order valence-electron chi connectivity index (χ4n) is 1.75. The third-order valence-corrected chi connectivity index (χ3v) is 2.73. The van der Waals surface area contributed by atoms with Crippen LogP contribution in [0.5, 0.6) is 0 Å². The predicted molar refractivity (Wildman–Crippen MR) is 70.2 cm³/mol. The molecule has 1 aromatic rings. The number of aromatic nitrogens is 1. The molecule has 1 aromatic heterocycles. The molecular formula is C11H12N4O2S. The summed E-state index contributed by atoms with van der Waals surface area (Å²) in [6, 6.07) is 3.44. The molecule has 18 heavy (non-hydrogen) atoms. The molecule has 2 heterocycles. The summed E-state index contributed by atoms with van der Waals surface area (Å²) in [5, 5.41) is 2.23. The molecule has 1 aliphatic rings. The van der Waals surface area contributed by atoms with Crippen LogP contribution in [-0.4, -0.2) is 34.9 Å². The first-order valence-electron chi connectivity index (χ1n) is 5.32. The highest BCUT2D eigenvalue weighted by atomic mass is 32.1. The number of piperazine rings is 1. The Labute approximate surface area is 109 Å². The van der Waals surface area contributed by atoms with Crippen molar-refractivity contribution in [2.24, 2.45) is 5.73 Å². The number of imide groups is 1. The molecule has 0 bridgehead atoms. The standard InChI is InChI=1S/C11H12N4O2S/c1-6-2-7(11(12)18)3-8(13-6)15-4-9(16)14-10(17)5-15/h2-3H,4-5H2,1H3,(H2,12,18)(H,14,16,17). The number of carbonyl (C=O) groups excluding carboxylic acids is 2. The number of nitrogens with zero attached hydrogens (tertiary/aromatic N) is 2. The Morgan fingerprint density at radius 1 is 1.39 bits per heavy atom. The second kappa shape index (κ2) is 4.69. The molecule has 2 amide bonds. The van der Waals surface area contributed by atoms with Crippen molar-refractivity contribution in [3.63, 3.8) is 0 Å². The lowest BCUT2D eigenvalue weighted by atomic mass is 10.2. The summed E-state index contributed by atoms with van der Waals surface area (Å²) in [5.41, 5.74) is 6.98. The van der Waals surface area contributed by atoms with Gasteiger partial charge in [0.15, 0.2) is 0 Å². The molecule has 0 aromatic carbocycles. The van der Waals surface area contributed by atoms with Crippen LogP contribution in [0.2, 0.25) is 0 Å². The van der Waals surface area contributed by atoms with E-state index in [2.05, 4.69) is 10.3 Å². The van der Waals surface area contributed by atoms with Crippen LogP contribution in [0.4, 0.5) is 5.82 Å². The smallest absolute Gasteiger partial charge is 0.246 e. The zero-order valence-electron chi connectivity index (χ0n) is 9.77. The van der Waals surface area contributed by atoms with Gasteiger partial charge in [0, 0.05) is 11.3 Å². The van der Waals surface area contributed by atoms with Gasteiger partial charge in [-0.2, -0.15) is 0 Å².